The van der Waals surface area contributed by atoms with Crippen molar-refractivity contribution in [2.75, 3.05) is 13.2 Å². The highest BCUT2D eigenvalue weighted by atomic mass is 16.6. The highest BCUT2D eigenvalue weighted by molar-refractivity contribution is 5.71. The van der Waals surface area contributed by atoms with Gasteiger partial charge in [0.15, 0.2) is 6.10 Å². The van der Waals surface area contributed by atoms with Gasteiger partial charge in [0.1, 0.15) is 13.2 Å². The number of hydrogen-bond donors (Lipinski definition) is 0. The summed E-state index contributed by atoms with van der Waals surface area (Å²) in [5.74, 6) is -0.894. The van der Waals surface area contributed by atoms with Crippen LogP contribution in [0.1, 0.15) is 342 Å². The number of unbranched alkanes of at least 4 members (excludes halogenated alkanes) is 35. The Hall–Kier alpha value is -3.93. The number of esters is 3. The van der Waals surface area contributed by atoms with Crippen molar-refractivity contribution in [3.8, 4) is 0 Å². The minimum Gasteiger partial charge on any atom is -0.462 e. The Morgan fingerprint density at radius 1 is 0.253 bits per heavy atom. The summed E-state index contributed by atoms with van der Waals surface area (Å²) in [5.41, 5.74) is 0. The van der Waals surface area contributed by atoms with Crippen LogP contribution in [0.4, 0.5) is 0 Å². The van der Waals surface area contributed by atoms with E-state index in [0.29, 0.717) is 19.3 Å². The molecule has 0 saturated carbocycles. The van der Waals surface area contributed by atoms with Gasteiger partial charge in [0.2, 0.25) is 0 Å². The van der Waals surface area contributed by atoms with Crippen molar-refractivity contribution in [3.63, 3.8) is 0 Å². The van der Waals surface area contributed by atoms with Crippen molar-refractivity contribution in [3.05, 3.63) is 109 Å². The van der Waals surface area contributed by atoms with Crippen molar-refractivity contribution >= 4 is 17.9 Å². The first-order valence-corrected chi connectivity index (χ1v) is 35.4. The Morgan fingerprint density at radius 3 is 0.735 bits per heavy atom. The monoisotopic (exact) mass is 1150 g/mol. The van der Waals surface area contributed by atoms with Gasteiger partial charge in [-0.25, -0.2) is 0 Å². The van der Waals surface area contributed by atoms with Crippen LogP contribution in [0.5, 0.6) is 0 Å². The summed E-state index contributed by atoms with van der Waals surface area (Å²) < 4.78 is 17.0. The maximum Gasteiger partial charge on any atom is 0.306 e. The van der Waals surface area contributed by atoms with E-state index < -0.39 is 6.10 Å². The molecule has 476 valence electrons. The molecule has 0 rings (SSSR count). The quantitative estimate of drug-likeness (QED) is 0.0261. The minimum absolute atomic E-state index is 0.0839. The van der Waals surface area contributed by atoms with Crippen molar-refractivity contribution in [2.24, 2.45) is 0 Å². The fourth-order valence-electron chi connectivity index (χ4n) is 10.0. The molecule has 0 aliphatic heterocycles. The lowest BCUT2D eigenvalue weighted by molar-refractivity contribution is -0.167. The zero-order valence-electron chi connectivity index (χ0n) is 54.7. The average Bonchev–Trinajstić information content (AvgIpc) is 3.49. The van der Waals surface area contributed by atoms with E-state index in [4.69, 9.17) is 14.2 Å². The zero-order chi connectivity index (χ0) is 59.9. The molecule has 0 fully saturated rings. The van der Waals surface area contributed by atoms with Gasteiger partial charge in [-0.15, -0.1) is 0 Å². The van der Waals surface area contributed by atoms with Crippen LogP contribution >= 0.6 is 0 Å². The average molecular weight is 1150 g/mol. The van der Waals surface area contributed by atoms with E-state index in [1.165, 1.54) is 173 Å². The molecular formula is C77H132O6. The second-order valence-corrected chi connectivity index (χ2v) is 23.4. The largest absolute Gasteiger partial charge is 0.462 e. The van der Waals surface area contributed by atoms with E-state index in [9.17, 15) is 14.4 Å². The van der Waals surface area contributed by atoms with Gasteiger partial charge in [-0.2, -0.15) is 0 Å². The lowest BCUT2D eigenvalue weighted by Crippen LogP contribution is -2.30. The SMILES string of the molecule is CC/C=C\C/C=C\C/C=C\C/C=C\CCCCCCCCCCCCCCCCCCCCCCC(=O)OCC(COC(=O)CCCCCCC/C=C\C/C=C\CCCCC)OC(=O)CCCCCCCCC/C=C\C/C=C\C/C=C\CC. The third-order valence-electron chi connectivity index (χ3n) is 15.2. The summed E-state index contributed by atoms with van der Waals surface area (Å²) in [6.45, 7) is 6.41. The van der Waals surface area contributed by atoms with E-state index in [1.54, 1.807) is 0 Å². The van der Waals surface area contributed by atoms with E-state index in [1.807, 2.05) is 0 Å². The molecule has 0 aliphatic carbocycles. The van der Waals surface area contributed by atoms with Gasteiger partial charge in [0, 0.05) is 19.3 Å². The van der Waals surface area contributed by atoms with Gasteiger partial charge < -0.3 is 14.2 Å². The summed E-state index contributed by atoms with van der Waals surface area (Å²) in [7, 11) is 0. The Kier molecular flexibility index (Phi) is 67.2. The Labute approximate surface area is 514 Å². The maximum absolute atomic E-state index is 12.9. The number of carbonyl (C=O) groups is 3. The Balaban J connectivity index is 4.20. The maximum atomic E-state index is 12.9. The summed E-state index contributed by atoms with van der Waals surface area (Å²) in [6.07, 6.45) is 97.0. The standard InChI is InChI=1S/C77H132O6/c1-4-7-10-13-16-19-22-25-28-30-31-32-33-34-35-36-37-38-39-40-41-42-43-44-45-47-49-52-55-58-61-64-67-70-76(79)82-73-74(72-81-75(78)69-66-63-60-57-54-51-48-27-24-21-18-15-12-9-6-3)83-77(80)71-68-65-62-59-56-53-50-46-29-26-23-20-17-14-11-8-5-2/h7-8,10-11,16-21,25-29,31-32,48,74H,4-6,9,12-15,22-24,30,33-47,49-73H2,1-3H3/b10-7-,11-8-,19-16-,20-17-,21-18-,28-25-,29-26-,32-31-,48-27-. The smallest absolute Gasteiger partial charge is 0.306 e. The van der Waals surface area contributed by atoms with Crippen LogP contribution in [0.2, 0.25) is 0 Å². The van der Waals surface area contributed by atoms with Crippen LogP contribution in [-0.4, -0.2) is 37.2 Å². The summed E-state index contributed by atoms with van der Waals surface area (Å²) in [4.78, 5) is 38.4. The predicted octanol–water partition coefficient (Wildman–Crippen LogP) is 24.6. The topological polar surface area (TPSA) is 78.9 Å². The van der Waals surface area contributed by atoms with Crippen molar-refractivity contribution in [1.29, 1.82) is 0 Å². The molecule has 6 nitrogen and oxygen atoms in total. The van der Waals surface area contributed by atoms with Gasteiger partial charge >= 0.3 is 17.9 Å². The number of rotatable bonds is 64. The fourth-order valence-corrected chi connectivity index (χ4v) is 10.0. The molecule has 1 atom stereocenters. The van der Waals surface area contributed by atoms with Crippen molar-refractivity contribution in [1.82, 2.24) is 0 Å². The van der Waals surface area contributed by atoms with Gasteiger partial charge in [0.25, 0.3) is 0 Å². The number of hydrogen-bond acceptors (Lipinski definition) is 6. The van der Waals surface area contributed by atoms with E-state index in [0.717, 1.165) is 128 Å². The Bertz CT molecular complexity index is 1660. The fraction of sp³-hybridized carbons (Fsp3) is 0.727. The molecule has 0 N–H and O–H groups in total. The van der Waals surface area contributed by atoms with E-state index in [2.05, 4.69) is 130 Å². The molecule has 0 aliphatic rings. The highest BCUT2D eigenvalue weighted by Crippen LogP contribution is 2.17. The second-order valence-electron chi connectivity index (χ2n) is 23.4. The highest BCUT2D eigenvalue weighted by Gasteiger charge is 2.19. The zero-order valence-corrected chi connectivity index (χ0v) is 54.7. The van der Waals surface area contributed by atoms with E-state index >= 15 is 0 Å². The van der Waals surface area contributed by atoms with Crippen LogP contribution in [0.15, 0.2) is 109 Å². The molecule has 0 aromatic heterocycles. The van der Waals surface area contributed by atoms with Gasteiger partial charge in [-0.1, -0.05) is 310 Å². The third-order valence-corrected chi connectivity index (χ3v) is 15.2. The van der Waals surface area contributed by atoms with Crippen molar-refractivity contribution in [2.45, 2.75) is 348 Å². The normalized spacial score (nSPS) is 12.8. The van der Waals surface area contributed by atoms with Crippen LogP contribution in [-0.2, 0) is 28.6 Å². The van der Waals surface area contributed by atoms with E-state index in [-0.39, 0.29) is 31.1 Å². The number of carbonyl (C=O) groups excluding carboxylic acids is 3. The van der Waals surface area contributed by atoms with Crippen molar-refractivity contribution < 1.29 is 28.6 Å². The Morgan fingerprint density at radius 2 is 0.470 bits per heavy atom. The van der Waals surface area contributed by atoms with Gasteiger partial charge in [0.05, 0.1) is 0 Å². The molecule has 6 heteroatoms. The first-order chi connectivity index (χ1) is 41.0. The molecule has 0 spiro atoms. The molecule has 0 amide bonds. The molecular weight excluding hydrogens is 1020 g/mol. The molecule has 0 heterocycles. The molecule has 0 bridgehead atoms. The number of ether oxygens (including phenoxy) is 3. The van der Waals surface area contributed by atoms with Crippen LogP contribution in [0.3, 0.4) is 0 Å². The molecule has 0 aromatic carbocycles. The lowest BCUT2D eigenvalue weighted by atomic mass is 10.0. The van der Waals surface area contributed by atoms with Crippen LogP contribution in [0.25, 0.3) is 0 Å². The molecule has 83 heavy (non-hydrogen) atoms. The molecule has 0 radical (unpaired) electrons. The van der Waals surface area contributed by atoms with Crippen LogP contribution in [0, 0.1) is 0 Å². The summed E-state index contributed by atoms with van der Waals surface area (Å²) in [6, 6.07) is 0. The molecule has 0 aromatic rings. The predicted molar refractivity (Wildman–Crippen MR) is 362 cm³/mol. The number of allylic oxidation sites excluding steroid dienone is 18. The summed E-state index contributed by atoms with van der Waals surface area (Å²) >= 11 is 0. The lowest BCUT2D eigenvalue weighted by Gasteiger charge is -2.18. The van der Waals surface area contributed by atoms with Crippen LogP contribution < -0.4 is 0 Å². The molecule has 0 saturated heterocycles. The third kappa shape index (κ3) is 68.7. The summed E-state index contributed by atoms with van der Waals surface area (Å²) in [5, 5.41) is 0. The van der Waals surface area contributed by atoms with Gasteiger partial charge in [-0.05, 0) is 122 Å². The molecule has 1 unspecified atom stereocenters. The second kappa shape index (κ2) is 70.6. The first kappa shape index (κ1) is 79.1. The minimum atomic E-state index is -0.790. The first-order valence-electron chi connectivity index (χ1n) is 35.4. The van der Waals surface area contributed by atoms with Gasteiger partial charge in [-0.3, -0.25) is 14.4 Å².